The van der Waals surface area contributed by atoms with E-state index in [1.165, 1.54) is 5.56 Å². The van der Waals surface area contributed by atoms with E-state index in [0.717, 1.165) is 24.5 Å². The topological polar surface area (TPSA) is 37.8 Å². The van der Waals surface area contributed by atoms with Crippen LogP contribution in [0.5, 0.6) is 0 Å². The van der Waals surface area contributed by atoms with Crippen molar-refractivity contribution >= 4 is 0 Å². The van der Waals surface area contributed by atoms with Crippen molar-refractivity contribution in [3.05, 3.63) is 59.7 Å². The summed E-state index contributed by atoms with van der Waals surface area (Å²) < 4.78 is 0. The molecule has 0 bridgehead atoms. The zero-order valence-corrected chi connectivity index (χ0v) is 10.9. The molecule has 0 amide bonds. The Labute approximate surface area is 108 Å². The maximum atomic E-state index is 4.32. The normalized spacial score (nSPS) is 12.3. The molecule has 1 N–H and O–H groups in total. The van der Waals surface area contributed by atoms with E-state index in [-0.39, 0.29) is 0 Å². The molecule has 2 rings (SSSR count). The van der Waals surface area contributed by atoms with Gasteiger partial charge in [0.1, 0.15) is 0 Å². The summed E-state index contributed by atoms with van der Waals surface area (Å²) in [6, 6.07) is 10.5. The van der Waals surface area contributed by atoms with E-state index in [4.69, 9.17) is 0 Å². The van der Waals surface area contributed by atoms with Crippen LogP contribution in [-0.4, -0.2) is 16.5 Å². The second-order valence-electron chi connectivity index (χ2n) is 4.59. The monoisotopic (exact) mass is 241 g/mol. The first-order valence-electron chi connectivity index (χ1n) is 6.29. The summed E-state index contributed by atoms with van der Waals surface area (Å²) in [5, 5.41) is 3.42. The number of aryl methyl sites for hydroxylation is 1. The van der Waals surface area contributed by atoms with Crippen LogP contribution >= 0.6 is 0 Å². The van der Waals surface area contributed by atoms with Crippen LogP contribution in [-0.2, 0) is 6.54 Å². The fraction of sp³-hybridized carbons (Fsp3) is 0.333. The first kappa shape index (κ1) is 12.7. The van der Waals surface area contributed by atoms with Gasteiger partial charge in [-0.15, -0.1) is 0 Å². The van der Waals surface area contributed by atoms with E-state index in [1.807, 2.05) is 19.2 Å². The summed E-state index contributed by atoms with van der Waals surface area (Å²) in [6.07, 6.45) is 3.63. The van der Waals surface area contributed by atoms with E-state index in [9.17, 15) is 0 Å². The molecule has 1 aromatic heterocycles. The summed E-state index contributed by atoms with van der Waals surface area (Å²) in [5.41, 5.74) is 3.30. The number of rotatable bonds is 5. The average Bonchev–Trinajstić information content (AvgIpc) is 2.42. The number of nitrogens with zero attached hydrogens (tertiary/aromatic N) is 2. The lowest BCUT2D eigenvalue weighted by molar-refractivity contribution is 0.607. The van der Waals surface area contributed by atoms with Crippen molar-refractivity contribution in [2.24, 2.45) is 0 Å². The van der Waals surface area contributed by atoms with Crippen LogP contribution in [0.4, 0.5) is 0 Å². The SMILES string of the molecule is Cc1cnc(CNCC(C)c2ccccc2)cn1. The molecule has 3 nitrogen and oxygen atoms in total. The quantitative estimate of drug-likeness (QED) is 0.874. The van der Waals surface area contributed by atoms with E-state index < -0.39 is 0 Å². The summed E-state index contributed by atoms with van der Waals surface area (Å²) >= 11 is 0. The highest BCUT2D eigenvalue weighted by Gasteiger charge is 2.04. The number of nitrogens with one attached hydrogen (secondary N) is 1. The highest BCUT2D eigenvalue weighted by molar-refractivity contribution is 5.19. The Morgan fingerprint density at radius 2 is 1.89 bits per heavy atom. The Morgan fingerprint density at radius 1 is 1.11 bits per heavy atom. The molecular formula is C15H19N3. The molecule has 0 aliphatic rings. The molecule has 1 atom stereocenters. The molecule has 1 unspecified atom stereocenters. The Bertz CT molecular complexity index is 465. The van der Waals surface area contributed by atoms with Crippen LogP contribution < -0.4 is 5.32 Å². The van der Waals surface area contributed by atoms with Crippen molar-refractivity contribution < 1.29 is 0 Å². The lowest BCUT2D eigenvalue weighted by Crippen LogP contribution is -2.20. The van der Waals surface area contributed by atoms with Gasteiger partial charge in [0, 0.05) is 25.5 Å². The maximum Gasteiger partial charge on any atom is 0.0724 e. The van der Waals surface area contributed by atoms with Crippen LogP contribution in [0, 0.1) is 6.92 Å². The van der Waals surface area contributed by atoms with Crippen LogP contribution in [0.2, 0.25) is 0 Å². The Morgan fingerprint density at radius 3 is 2.56 bits per heavy atom. The van der Waals surface area contributed by atoms with Gasteiger partial charge in [-0.25, -0.2) is 0 Å². The van der Waals surface area contributed by atoms with E-state index in [0.29, 0.717) is 5.92 Å². The Hall–Kier alpha value is -1.74. The second kappa shape index (κ2) is 6.26. The molecule has 1 aromatic carbocycles. The predicted octanol–water partition coefficient (Wildman–Crippen LogP) is 2.68. The minimum atomic E-state index is 0.504. The maximum absolute atomic E-state index is 4.32. The lowest BCUT2D eigenvalue weighted by Gasteiger charge is -2.12. The van der Waals surface area contributed by atoms with Gasteiger partial charge in [0.05, 0.1) is 11.4 Å². The summed E-state index contributed by atoms with van der Waals surface area (Å²) in [4.78, 5) is 8.56. The van der Waals surface area contributed by atoms with Gasteiger partial charge in [0.2, 0.25) is 0 Å². The number of benzene rings is 1. The molecule has 1 heterocycles. The standard InChI is InChI=1S/C15H19N3/c1-12(14-6-4-3-5-7-14)8-16-10-15-11-17-13(2)9-18-15/h3-7,9,11-12,16H,8,10H2,1-2H3. The smallest absolute Gasteiger partial charge is 0.0724 e. The molecule has 0 fully saturated rings. The van der Waals surface area contributed by atoms with Crippen molar-refractivity contribution in [3.8, 4) is 0 Å². The molecule has 0 radical (unpaired) electrons. The van der Waals surface area contributed by atoms with Crippen LogP contribution in [0.15, 0.2) is 42.7 Å². The molecule has 0 saturated heterocycles. The molecular weight excluding hydrogens is 222 g/mol. The third-order valence-corrected chi connectivity index (χ3v) is 2.96. The van der Waals surface area contributed by atoms with Gasteiger partial charge in [-0.1, -0.05) is 37.3 Å². The Balaban J connectivity index is 1.80. The molecule has 0 aliphatic heterocycles. The zero-order valence-electron chi connectivity index (χ0n) is 10.9. The first-order chi connectivity index (χ1) is 8.75. The van der Waals surface area contributed by atoms with Gasteiger partial charge < -0.3 is 5.32 Å². The summed E-state index contributed by atoms with van der Waals surface area (Å²) in [5.74, 6) is 0.504. The predicted molar refractivity (Wildman–Crippen MR) is 73.3 cm³/mol. The van der Waals surface area contributed by atoms with Crippen molar-refractivity contribution in [2.45, 2.75) is 26.3 Å². The van der Waals surface area contributed by atoms with Crippen LogP contribution in [0.3, 0.4) is 0 Å². The largest absolute Gasteiger partial charge is 0.311 e. The van der Waals surface area contributed by atoms with Crippen LogP contribution in [0.25, 0.3) is 0 Å². The van der Waals surface area contributed by atoms with Gasteiger partial charge in [-0.3, -0.25) is 9.97 Å². The van der Waals surface area contributed by atoms with E-state index in [2.05, 4.69) is 46.5 Å². The van der Waals surface area contributed by atoms with E-state index in [1.54, 1.807) is 6.20 Å². The third kappa shape index (κ3) is 3.64. The minimum Gasteiger partial charge on any atom is -0.311 e. The minimum absolute atomic E-state index is 0.504. The fourth-order valence-electron chi connectivity index (χ4n) is 1.83. The third-order valence-electron chi connectivity index (χ3n) is 2.96. The highest BCUT2D eigenvalue weighted by atomic mass is 14.9. The van der Waals surface area contributed by atoms with Crippen LogP contribution in [0.1, 0.15) is 29.8 Å². The highest BCUT2D eigenvalue weighted by Crippen LogP contribution is 2.13. The molecule has 94 valence electrons. The summed E-state index contributed by atoms with van der Waals surface area (Å²) in [6.45, 7) is 5.88. The molecule has 18 heavy (non-hydrogen) atoms. The zero-order chi connectivity index (χ0) is 12.8. The van der Waals surface area contributed by atoms with Gasteiger partial charge in [0.15, 0.2) is 0 Å². The number of hydrogen-bond donors (Lipinski definition) is 1. The van der Waals surface area contributed by atoms with Gasteiger partial charge in [-0.05, 0) is 18.4 Å². The van der Waals surface area contributed by atoms with Gasteiger partial charge >= 0.3 is 0 Å². The van der Waals surface area contributed by atoms with Crippen molar-refractivity contribution in [2.75, 3.05) is 6.54 Å². The molecule has 0 spiro atoms. The second-order valence-corrected chi connectivity index (χ2v) is 4.59. The molecule has 0 saturated carbocycles. The van der Waals surface area contributed by atoms with Gasteiger partial charge in [0.25, 0.3) is 0 Å². The Kier molecular flexibility index (Phi) is 4.42. The fourth-order valence-corrected chi connectivity index (χ4v) is 1.83. The summed E-state index contributed by atoms with van der Waals surface area (Å²) in [7, 11) is 0. The molecule has 0 aliphatic carbocycles. The van der Waals surface area contributed by atoms with Crippen molar-refractivity contribution in [3.63, 3.8) is 0 Å². The lowest BCUT2D eigenvalue weighted by atomic mass is 10.0. The molecule has 2 aromatic rings. The van der Waals surface area contributed by atoms with Gasteiger partial charge in [-0.2, -0.15) is 0 Å². The average molecular weight is 241 g/mol. The van der Waals surface area contributed by atoms with Crippen molar-refractivity contribution in [1.29, 1.82) is 0 Å². The first-order valence-corrected chi connectivity index (χ1v) is 6.29. The number of aromatic nitrogens is 2. The molecule has 3 heteroatoms. The van der Waals surface area contributed by atoms with Crippen molar-refractivity contribution in [1.82, 2.24) is 15.3 Å². The van der Waals surface area contributed by atoms with E-state index >= 15 is 0 Å². The number of hydrogen-bond acceptors (Lipinski definition) is 3.